The van der Waals surface area contributed by atoms with Crippen molar-refractivity contribution in [2.75, 3.05) is 16.8 Å². The van der Waals surface area contributed by atoms with E-state index in [4.69, 9.17) is 15.7 Å². The van der Waals surface area contributed by atoms with Gasteiger partial charge >= 0.3 is 0 Å². The molecule has 0 aromatic heterocycles. The lowest BCUT2D eigenvalue weighted by atomic mass is 10.3. The number of anilines is 1. The molecule has 1 aromatic carbocycles. The number of alkyl halides is 1. The number of amides is 1. The van der Waals surface area contributed by atoms with E-state index in [9.17, 15) is 4.79 Å². The average Bonchev–Trinajstić information content (AvgIpc) is 2.19. The maximum atomic E-state index is 11.1. The highest BCUT2D eigenvalue weighted by Gasteiger charge is 2.04. The summed E-state index contributed by atoms with van der Waals surface area (Å²) in [6, 6.07) is 4.70. The minimum absolute atomic E-state index is 0.176. The molecule has 0 saturated heterocycles. The van der Waals surface area contributed by atoms with E-state index in [0.29, 0.717) is 15.6 Å². The molecule has 0 radical (unpaired) electrons. The first-order chi connectivity index (χ1) is 7.81. The Balaban J connectivity index is 2.83. The van der Waals surface area contributed by atoms with Gasteiger partial charge < -0.3 is 5.32 Å². The first kappa shape index (κ1) is 8.02. The fourth-order valence-electron chi connectivity index (χ4n) is 0.844. The molecular weight excluding hydrogens is 286 g/mol. The minimum Gasteiger partial charge on any atom is -0.324 e. The van der Waals surface area contributed by atoms with E-state index in [2.05, 4.69) is 21.2 Å². The summed E-state index contributed by atoms with van der Waals surface area (Å²) in [6.07, 6.45) is -2.11. The fraction of sp³-hybridized carbons (Fsp3) is 0.222. The van der Waals surface area contributed by atoms with Gasteiger partial charge in [0, 0.05) is 9.01 Å². The number of carbonyl (C=O) groups excluding carboxylic acids is 1. The van der Waals surface area contributed by atoms with Crippen molar-refractivity contribution in [2.24, 2.45) is 0 Å². The third kappa shape index (κ3) is 3.19. The Bertz CT molecular complexity index is 427. The highest BCUT2D eigenvalue weighted by atomic mass is 79.9. The van der Waals surface area contributed by atoms with Crippen molar-refractivity contribution < 1.29 is 8.91 Å². The standard InChI is InChI=1S/C9H9BrClNOS/c1-14-6-2-3-8(7(11)4-6)12-9(13)5-10/h2-4H,5H2,1H3,(H,12,13)/i1D3. The largest absolute Gasteiger partial charge is 0.324 e. The maximum absolute atomic E-state index is 11.1. The highest BCUT2D eigenvalue weighted by Crippen LogP contribution is 2.27. The number of hydrogen-bond donors (Lipinski definition) is 1. The second-order valence-electron chi connectivity index (χ2n) is 2.43. The monoisotopic (exact) mass is 296 g/mol. The van der Waals surface area contributed by atoms with Crippen LogP contribution < -0.4 is 5.32 Å². The van der Waals surface area contributed by atoms with Crippen LogP contribution in [0.25, 0.3) is 0 Å². The summed E-state index contributed by atoms with van der Waals surface area (Å²) >= 11 is 9.69. The van der Waals surface area contributed by atoms with E-state index in [0.717, 1.165) is 11.8 Å². The summed E-state index contributed by atoms with van der Waals surface area (Å²) in [5.74, 6) is -0.219. The van der Waals surface area contributed by atoms with Gasteiger partial charge in [0.15, 0.2) is 0 Å². The molecule has 76 valence electrons. The number of nitrogens with one attached hydrogen (secondary N) is 1. The predicted molar refractivity (Wildman–Crippen MR) is 65.7 cm³/mol. The molecule has 2 nitrogen and oxygen atoms in total. The molecule has 0 saturated carbocycles. The topological polar surface area (TPSA) is 29.1 Å². The summed E-state index contributed by atoms with van der Waals surface area (Å²) in [4.78, 5) is 11.7. The van der Waals surface area contributed by atoms with Crippen LogP contribution in [0.5, 0.6) is 0 Å². The van der Waals surface area contributed by atoms with Crippen LogP contribution in [0.15, 0.2) is 23.1 Å². The molecule has 1 N–H and O–H groups in total. The molecule has 0 aliphatic rings. The molecule has 1 rings (SSSR count). The summed E-state index contributed by atoms with van der Waals surface area (Å²) in [5.41, 5.74) is 0.464. The lowest BCUT2D eigenvalue weighted by Gasteiger charge is -2.06. The van der Waals surface area contributed by atoms with Gasteiger partial charge in [-0.25, -0.2) is 0 Å². The van der Waals surface area contributed by atoms with Crippen LogP contribution in [0.3, 0.4) is 0 Å². The number of halogens is 2. The Morgan fingerprint density at radius 2 is 2.57 bits per heavy atom. The zero-order valence-electron chi connectivity index (χ0n) is 10.0. The van der Waals surface area contributed by atoms with Gasteiger partial charge in [0.05, 0.1) is 16.0 Å². The number of rotatable bonds is 3. The van der Waals surface area contributed by atoms with Crippen molar-refractivity contribution in [3.05, 3.63) is 23.2 Å². The smallest absolute Gasteiger partial charge is 0.235 e. The molecule has 1 amide bonds. The molecule has 0 aliphatic heterocycles. The van der Waals surface area contributed by atoms with Gasteiger partial charge in [0.25, 0.3) is 0 Å². The van der Waals surface area contributed by atoms with E-state index in [-0.39, 0.29) is 11.2 Å². The van der Waals surface area contributed by atoms with Crippen molar-refractivity contribution in [1.82, 2.24) is 0 Å². The summed E-state index contributed by atoms with van der Waals surface area (Å²) in [6.45, 7) is 0. The number of hydrogen-bond acceptors (Lipinski definition) is 2. The van der Waals surface area contributed by atoms with Gasteiger partial charge in [0.1, 0.15) is 0 Å². The molecule has 0 bridgehead atoms. The van der Waals surface area contributed by atoms with Crippen LogP contribution in [0.4, 0.5) is 5.69 Å². The Kier molecular flexibility index (Phi) is 3.23. The number of carbonyl (C=O) groups is 1. The second-order valence-corrected chi connectivity index (χ2v) is 4.07. The molecule has 14 heavy (non-hydrogen) atoms. The van der Waals surface area contributed by atoms with Gasteiger partial charge in [-0.2, -0.15) is 0 Å². The third-order valence-electron chi connectivity index (χ3n) is 1.45. The van der Waals surface area contributed by atoms with Crippen LogP contribution in [0, 0.1) is 0 Å². The van der Waals surface area contributed by atoms with Crippen LogP contribution >= 0.6 is 39.3 Å². The zero-order valence-corrected chi connectivity index (χ0v) is 10.2. The first-order valence-corrected chi connectivity index (χ1v) is 5.98. The molecule has 0 atom stereocenters. The third-order valence-corrected chi connectivity index (χ3v) is 2.77. The Morgan fingerprint density at radius 1 is 1.79 bits per heavy atom. The van der Waals surface area contributed by atoms with Crippen molar-refractivity contribution in [3.8, 4) is 0 Å². The van der Waals surface area contributed by atoms with Crippen molar-refractivity contribution in [2.45, 2.75) is 4.90 Å². The lowest BCUT2D eigenvalue weighted by Crippen LogP contribution is -2.12. The SMILES string of the molecule is [2H]C([2H])([2H])Sc1ccc(NC(=O)CBr)c(Cl)c1. The number of thioether (sulfide) groups is 1. The van der Waals surface area contributed by atoms with E-state index >= 15 is 0 Å². The first-order valence-electron chi connectivity index (χ1n) is 5.16. The molecule has 5 heteroatoms. The van der Waals surface area contributed by atoms with Gasteiger partial charge in [-0.05, 0) is 24.4 Å². The van der Waals surface area contributed by atoms with Gasteiger partial charge in [-0.1, -0.05) is 27.5 Å². The lowest BCUT2D eigenvalue weighted by molar-refractivity contribution is -0.113. The van der Waals surface area contributed by atoms with E-state index in [1.54, 1.807) is 12.1 Å². The van der Waals surface area contributed by atoms with Gasteiger partial charge in [-0.3, -0.25) is 4.79 Å². The van der Waals surface area contributed by atoms with Crippen molar-refractivity contribution in [3.63, 3.8) is 0 Å². The maximum Gasteiger partial charge on any atom is 0.235 e. The Morgan fingerprint density at radius 3 is 3.14 bits per heavy atom. The van der Waals surface area contributed by atoms with E-state index in [1.807, 2.05) is 0 Å². The average molecular weight is 298 g/mol. The minimum atomic E-state index is -2.11. The summed E-state index contributed by atoms with van der Waals surface area (Å²) in [7, 11) is 0. The molecule has 0 spiro atoms. The van der Waals surface area contributed by atoms with Crippen LogP contribution in [0.2, 0.25) is 5.02 Å². The van der Waals surface area contributed by atoms with Crippen LogP contribution in [-0.2, 0) is 4.79 Å². The van der Waals surface area contributed by atoms with Crippen molar-refractivity contribution in [1.29, 1.82) is 0 Å². The van der Waals surface area contributed by atoms with Crippen molar-refractivity contribution >= 4 is 50.9 Å². The fourth-order valence-corrected chi connectivity index (χ4v) is 1.59. The van der Waals surface area contributed by atoms with E-state index in [1.165, 1.54) is 6.07 Å². The zero-order chi connectivity index (χ0) is 13.1. The summed E-state index contributed by atoms with van der Waals surface area (Å²) in [5, 5.41) is 3.07. The quantitative estimate of drug-likeness (QED) is 0.684. The molecule has 0 unspecified atom stereocenters. The molecule has 0 fully saturated rings. The molecule has 1 aromatic rings. The molecule has 0 heterocycles. The van der Waals surface area contributed by atoms with E-state index < -0.39 is 6.18 Å². The van der Waals surface area contributed by atoms with Gasteiger partial charge in [0.2, 0.25) is 5.91 Å². The second kappa shape index (κ2) is 5.63. The van der Waals surface area contributed by atoms with Crippen LogP contribution in [-0.4, -0.2) is 17.4 Å². The normalized spacial score (nSPS) is 14.0. The highest BCUT2D eigenvalue weighted by molar-refractivity contribution is 9.09. The van der Waals surface area contributed by atoms with Gasteiger partial charge in [-0.15, -0.1) is 11.8 Å². The summed E-state index contributed by atoms with van der Waals surface area (Å²) < 4.78 is 21.3. The molecule has 0 aliphatic carbocycles. The molecular formula is C9H9BrClNOS. The predicted octanol–water partition coefficient (Wildman–Crippen LogP) is 3.40. The number of benzene rings is 1. The van der Waals surface area contributed by atoms with Crippen LogP contribution in [0.1, 0.15) is 4.11 Å². The Hall–Kier alpha value is -0.190. The Labute approximate surface area is 105 Å².